The van der Waals surface area contributed by atoms with E-state index in [4.69, 9.17) is 4.74 Å². The summed E-state index contributed by atoms with van der Waals surface area (Å²) in [7, 11) is 0. The molecule has 8 heteroatoms. The third-order valence-electron chi connectivity index (χ3n) is 3.78. The summed E-state index contributed by atoms with van der Waals surface area (Å²) in [5.74, 6) is -1.14. The number of hydrogen-bond acceptors (Lipinski definition) is 6. The number of amides is 1. The van der Waals surface area contributed by atoms with Crippen LogP contribution in [0.4, 0.5) is 5.69 Å². The molecule has 3 aromatic rings. The molecule has 1 amide bonds. The van der Waals surface area contributed by atoms with Crippen molar-refractivity contribution in [3.8, 4) is 0 Å². The predicted octanol–water partition coefficient (Wildman–Crippen LogP) is 2.30. The van der Waals surface area contributed by atoms with Gasteiger partial charge in [-0.05, 0) is 30.5 Å². The third kappa shape index (κ3) is 4.53. The van der Waals surface area contributed by atoms with Gasteiger partial charge in [0.25, 0.3) is 11.5 Å². The smallest absolute Gasteiger partial charge is 0.326 e. The molecule has 0 bridgehead atoms. The van der Waals surface area contributed by atoms with Crippen LogP contribution >= 0.6 is 11.8 Å². The number of hydrogen-bond donors (Lipinski definition) is 1. The van der Waals surface area contributed by atoms with Crippen molar-refractivity contribution >= 4 is 40.2 Å². The van der Waals surface area contributed by atoms with E-state index < -0.39 is 18.5 Å². The fourth-order valence-electron chi connectivity index (χ4n) is 2.48. The Hall–Kier alpha value is -3.13. The normalized spacial score (nSPS) is 10.6. The van der Waals surface area contributed by atoms with E-state index >= 15 is 0 Å². The highest BCUT2D eigenvalue weighted by atomic mass is 32.2. The molecule has 0 aliphatic rings. The quantitative estimate of drug-likeness (QED) is 0.519. The number of para-hydroxylation sites is 2. The highest BCUT2D eigenvalue weighted by Gasteiger charge is 2.12. The molecule has 1 aromatic heterocycles. The van der Waals surface area contributed by atoms with Crippen molar-refractivity contribution in [2.75, 3.05) is 18.2 Å². The molecule has 138 valence electrons. The molecule has 3 rings (SSSR count). The molecular formula is C19H17N3O4S. The Kier molecular flexibility index (Phi) is 5.87. The van der Waals surface area contributed by atoms with E-state index in [0.717, 1.165) is 9.46 Å². The number of anilines is 1. The van der Waals surface area contributed by atoms with E-state index in [1.165, 1.54) is 18.1 Å². The molecule has 0 spiro atoms. The lowest BCUT2D eigenvalue weighted by molar-refractivity contribution is -0.147. The second kappa shape index (κ2) is 8.50. The zero-order valence-corrected chi connectivity index (χ0v) is 15.4. The van der Waals surface area contributed by atoms with Crippen molar-refractivity contribution in [3.63, 3.8) is 0 Å². The van der Waals surface area contributed by atoms with Crippen molar-refractivity contribution in [1.29, 1.82) is 0 Å². The fraction of sp³-hybridized carbons (Fsp3) is 0.158. The van der Waals surface area contributed by atoms with Gasteiger partial charge in [-0.1, -0.05) is 24.3 Å². The van der Waals surface area contributed by atoms with Crippen LogP contribution < -0.4 is 10.9 Å². The molecule has 27 heavy (non-hydrogen) atoms. The van der Waals surface area contributed by atoms with Crippen LogP contribution in [0.2, 0.25) is 0 Å². The van der Waals surface area contributed by atoms with Gasteiger partial charge in [-0.15, -0.1) is 11.8 Å². The molecule has 0 atom stereocenters. The second-order valence-corrected chi connectivity index (χ2v) is 6.45. The van der Waals surface area contributed by atoms with Crippen LogP contribution in [0.25, 0.3) is 10.9 Å². The first kappa shape index (κ1) is 18.7. The van der Waals surface area contributed by atoms with Crippen molar-refractivity contribution in [3.05, 3.63) is 65.2 Å². The molecule has 0 aliphatic carbocycles. The van der Waals surface area contributed by atoms with Crippen LogP contribution in [0.3, 0.4) is 0 Å². The van der Waals surface area contributed by atoms with Crippen LogP contribution in [0.1, 0.15) is 0 Å². The maximum atomic E-state index is 12.3. The molecule has 0 radical (unpaired) electrons. The topological polar surface area (TPSA) is 90.3 Å². The van der Waals surface area contributed by atoms with Crippen molar-refractivity contribution in [1.82, 2.24) is 9.55 Å². The van der Waals surface area contributed by atoms with Gasteiger partial charge in [0.05, 0.1) is 22.9 Å². The molecule has 0 unspecified atom stereocenters. The van der Waals surface area contributed by atoms with Crippen molar-refractivity contribution in [2.24, 2.45) is 0 Å². The van der Waals surface area contributed by atoms with E-state index in [0.29, 0.717) is 16.6 Å². The summed E-state index contributed by atoms with van der Waals surface area (Å²) >= 11 is 1.50. The Bertz CT molecular complexity index is 1050. The number of carbonyl (C=O) groups is 2. The Morgan fingerprint density at radius 2 is 1.89 bits per heavy atom. The molecule has 0 aliphatic heterocycles. The lowest BCUT2D eigenvalue weighted by Crippen LogP contribution is -2.28. The van der Waals surface area contributed by atoms with Crippen LogP contribution in [-0.2, 0) is 20.9 Å². The molecule has 7 nitrogen and oxygen atoms in total. The average Bonchev–Trinajstić information content (AvgIpc) is 2.69. The predicted molar refractivity (Wildman–Crippen MR) is 104 cm³/mol. The lowest BCUT2D eigenvalue weighted by atomic mass is 10.2. The minimum atomic E-state index is -0.692. The highest BCUT2D eigenvalue weighted by Crippen LogP contribution is 2.24. The Labute approximate surface area is 159 Å². The van der Waals surface area contributed by atoms with Gasteiger partial charge in [0.2, 0.25) is 0 Å². The van der Waals surface area contributed by atoms with Gasteiger partial charge in [-0.3, -0.25) is 19.0 Å². The zero-order valence-electron chi connectivity index (χ0n) is 14.5. The van der Waals surface area contributed by atoms with Crippen molar-refractivity contribution in [2.45, 2.75) is 11.4 Å². The first-order valence-electron chi connectivity index (χ1n) is 8.11. The van der Waals surface area contributed by atoms with E-state index in [2.05, 4.69) is 10.3 Å². The van der Waals surface area contributed by atoms with Gasteiger partial charge >= 0.3 is 5.97 Å². The third-order valence-corrected chi connectivity index (χ3v) is 4.57. The maximum absolute atomic E-state index is 12.3. The standard InChI is InChI=1S/C19H17N3O4S/c1-27-16-9-5-4-8-15(16)21-17(23)11-26-18(24)10-22-12-20-14-7-3-2-6-13(14)19(22)25/h2-9,12H,10-11H2,1H3,(H,21,23). The second-order valence-electron chi connectivity index (χ2n) is 5.60. The van der Waals surface area contributed by atoms with E-state index in [-0.39, 0.29) is 12.1 Å². The first-order valence-corrected chi connectivity index (χ1v) is 9.33. The minimum absolute atomic E-state index is 0.314. The summed E-state index contributed by atoms with van der Waals surface area (Å²) < 4.78 is 6.13. The van der Waals surface area contributed by atoms with Crippen molar-refractivity contribution < 1.29 is 14.3 Å². The van der Waals surface area contributed by atoms with E-state index in [1.807, 2.05) is 18.4 Å². The summed E-state index contributed by atoms with van der Waals surface area (Å²) in [5, 5.41) is 3.11. The van der Waals surface area contributed by atoms with Crippen LogP contribution in [0.5, 0.6) is 0 Å². The number of fused-ring (bicyclic) bond motifs is 1. The average molecular weight is 383 g/mol. The number of benzene rings is 2. The minimum Gasteiger partial charge on any atom is -0.454 e. The van der Waals surface area contributed by atoms with E-state index in [9.17, 15) is 14.4 Å². The van der Waals surface area contributed by atoms with Gasteiger partial charge in [0, 0.05) is 4.90 Å². The Morgan fingerprint density at radius 3 is 2.70 bits per heavy atom. The number of nitrogens with zero attached hydrogens (tertiary/aromatic N) is 2. The molecule has 0 saturated carbocycles. The molecule has 1 N–H and O–H groups in total. The summed E-state index contributed by atoms with van der Waals surface area (Å²) in [6.07, 6.45) is 3.20. The van der Waals surface area contributed by atoms with Gasteiger partial charge in [0.1, 0.15) is 6.54 Å². The maximum Gasteiger partial charge on any atom is 0.326 e. The fourth-order valence-corrected chi connectivity index (χ4v) is 3.04. The number of aromatic nitrogens is 2. The Morgan fingerprint density at radius 1 is 1.15 bits per heavy atom. The van der Waals surface area contributed by atoms with Crippen LogP contribution in [-0.4, -0.2) is 34.3 Å². The monoisotopic (exact) mass is 383 g/mol. The van der Waals surface area contributed by atoms with Gasteiger partial charge in [-0.2, -0.15) is 0 Å². The molecule has 0 saturated heterocycles. The zero-order chi connectivity index (χ0) is 19.2. The number of esters is 1. The van der Waals surface area contributed by atoms with Crippen LogP contribution in [0, 0.1) is 0 Å². The summed E-state index contributed by atoms with van der Waals surface area (Å²) in [4.78, 5) is 41.4. The lowest BCUT2D eigenvalue weighted by Gasteiger charge is -2.10. The number of carbonyl (C=O) groups excluding carboxylic acids is 2. The van der Waals surface area contributed by atoms with Gasteiger partial charge in [-0.25, -0.2) is 4.98 Å². The molecule has 2 aromatic carbocycles. The summed E-state index contributed by atoms with van der Waals surface area (Å²) in [6.45, 7) is -0.747. The van der Waals surface area contributed by atoms with Gasteiger partial charge in [0.15, 0.2) is 6.61 Å². The number of nitrogens with one attached hydrogen (secondary N) is 1. The first-order chi connectivity index (χ1) is 13.1. The summed E-state index contributed by atoms with van der Waals surface area (Å²) in [5.41, 5.74) is 0.871. The van der Waals surface area contributed by atoms with Crippen LogP contribution in [0.15, 0.2) is 64.5 Å². The van der Waals surface area contributed by atoms with Gasteiger partial charge < -0.3 is 10.1 Å². The van der Waals surface area contributed by atoms with E-state index in [1.54, 1.807) is 36.4 Å². The number of ether oxygens (including phenoxy) is 1. The molecule has 1 heterocycles. The molecule has 0 fully saturated rings. The number of rotatable bonds is 6. The number of thioether (sulfide) groups is 1. The molecular weight excluding hydrogens is 366 g/mol. The summed E-state index contributed by atoms with van der Waals surface area (Å²) in [6, 6.07) is 14.2. The Balaban J connectivity index is 1.59. The SMILES string of the molecule is CSc1ccccc1NC(=O)COC(=O)Cn1cnc2ccccc2c1=O. The highest BCUT2D eigenvalue weighted by molar-refractivity contribution is 7.98. The largest absolute Gasteiger partial charge is 0.454 e.